The summed E-state index contributed by atoms with van der Waals surface area (Å²) in [7, 11) is 0. The zero-order valence-electron chi connectivity index (χ0n) is 7.91. The van der Waals surface area contributed by atoms with Gasteiger partial charge in [0.25, 0.3) is 5.91 Å². The van der Waals surface area contributed by atoms with Gasteiger partial charge in [-0.25, -0.2) is 4.79 Å². The van der Waals surface area contributed by atoms with E-state index in [1.807, 2.05) is 13.8 Å². The Bertz CT molecular complexity index is 227. The van der Waals surface area contributed by atoms with Crippen LogP contribution in [0.2, 0.25) is 0 Å². The molecule has 0 aromatic rings. The quantitative estimate of drug-likeness (QED) is 0.583. The minimum atomic E-state index is -0.376. The van der Waals surface area contributed by atoms with Crippen LogP contribution in [0.1, 0.15) is 13.8 Å². The summed E-state index contributed by atoms with van der Waals surface area (Å²) in [6, 6.07) is -0.701. The van der Waals surface area contributed by atoms with Gasteiger partial charge < -0.3 is 11.1 Å². The number of amides is 3. The maximum Gasteiger partial charge on any atom is 0.324 e. The van der Waals surface area contributed by atoms with E-state index in [1.165, 1.54) is 4.90 Å². The summed E-state index contributed by atoms with van der Waals surface area (Å²) < 4.78 is 0. The summed E-state index contributed by atoms with van der Waals surface area (Å²) in [4.78, 5) is 23.9. The SMILES string of the molecule is CC(C)C1NC(=O)N(CCN)C1=O. The van der Waals surface area contributed by atoms with Crippen LogP contribution in [0.3, 0.4) is 0 Å². The molecule has 1 aliphatic heterocycles. The Hall–Kier alpha value is -1.10. The number of hydrogen-bond acceptors (Lipinski definition) is 3. The monoisotopic (exact) mass is 185 g/mol. The van der Waals surface area contributed by atoms with Crippen molar-refractivity contribution in [2.24, 2.45) is 11.7 Å². The van der Waals surface area contributed by atoms with Gasteiger partial charge in [-0.1, -0.05) is 13.8 Å². The Balaban J connectivity index is 2.69. The Morgan fingerprint density at radius 1 is 1.54 bits per heavy atom. The minimum absolute atomic E-state index is 0.124. The van der Waals surface area contributed by atoms with Gasteiger partial charge in [-0.15, -0.1) is 0 Å². The second kappa shape index (κ2) is 3.74. The number of urea groups is 1. The molecule has 1 fully saturated rings. The fourth-order valence-electron chi connectivity index (χ4n) is 1.33. The van der Waals surface area contributed by atoms with Gasteiger partial charge in [-0.3, -0.25) is 9.69 Å². The normalized spacial score (nSPS) is 22.8. The lowest BCUT2D eigenvalue weighted by Gasteiger charge is -2.12. The van der Waals surface area contributed by atoms with E-state index in [4.69, 9.17) is 5.73 Å². The molecule has 1 heterocycles. The molecule has 1 saturated heterocycles. The van der Waals surface area contributed by atoms with Gasteiger partial charge in [-0.2, -0.15) is 0 Å². The first-order valence-electron chi connectivity index (χ1n) is 4.40. The smallest absolute Gasteiger partial charge is 0.324 e. The predicted molar refractivity (Wildman–Crippen MR) is 47.9 cm³/mol. The van der Waals surface area contributed by atoms with Crippen molar-refractivity contribution in [3.63, 3.8) is 0 Å². The molecule has 1 rings (SSSR count). The van der Waals surface area contributed by atoms with E-state index in [2.05, 4.69) is 5.32 Å². The number of carbonyl (C=O) groups excluding carboxylic acids is 2. The van der Waals surface area contributed by atoms with Crippen molar-refractivity contribution in [1.82, 2.24) is 10.2 Å². The largest absolute Gasteiger partial charge is 0.329 e. The van der Waals surface area contributed by atoms with Crippen molar-refractivity contribution in [2.45, 2.75) is 19.9 Å². The molecule has 1 unspecified atom stereocenters. The first-order chi connectivity index (χ1) is 6.07. The van der Waals surface area contributed by atoms with Gasteiger partial charge in [0, 0.05) is 13.1 Å². The average Bonchev–Trinajstić information content (AvgIpc) is 2.32. The fourth-order valence-corrected chi connectivity index (χ4v) is 1.33. The van der Waals surface area contributed by atoms with Crippen molar-refractivity contribution in [3.05, 3.63) is 0 Å². The zero-order chi connectivity index (χ0) is 10.0. The minimum Gasteiger partial charge on any atom is -0.329 e. The highest BCUT2D eigenvalue weighted by molar-refractivity contribution is 6.04. The number of rotatable bonds is 3. The first-order valence-corrected chi connectivity index (χ1v) is 4.40. The average molecular weight is 185 g/mol. The summed E-state index contributed by atoms with van der Waals surface area (Å²) >= 11 is 0. The number of imide groups is 1. The fraction of sp³-hybridized carbons (Fsp3) is 0.750. The van der Waals surface area contributed by atoms with E-state index >= 15 is 0 Å². The molecule has 0 saturated carbocycles. The van der Waals surface area contributed by atoms with E-state index in [9.17, 15) is 9.59 Å². The molecule has 3 amide bonds. The lowest BCUT2D eigenvalue weighted by molar-refractivity contribution is -0.128. The highest BCUT2D eigenvalue weighted by Gasteiger charge is 2.38. The van der Waals surface area contributed by atoms with E-state index in [0.29, 0.717) is 13.1 Å². The highest BCUT2D eigenvalue weighted by Crippen LogP contribution is 2.12. The predicted octanol–water partition coefficient (Wildman–Crippen LogP) is -0.478. The van der Waals surface area contributed by atoms with Crippen molar-refractivity contribution in [2.75, 3.05) is 13.1 Å². The molecule has 0 aliphatic carbocycles. The van der Waals surface area contributed by atoms with Crippen LogP contribution < -0.4 is 11.1 Å². The molecule has 0 radical (unpaired) electrons. The van der Waals surface area contributed by atoms with E-state index in [-0.39, 0.29) is 23.9 Å². The number of carbonyl (C=O) groups is 2. The zero-order valence-corrected chi connectivity index (χ0v) is 7.91. The first kappa shape index (κ1) is 9.98. The van der Waals surface area contributed by atoms with Crippen LogP contribution in [0.15, 0.2) is 0 Å². The van der Waals surface area contributed by atoms with Crippen LogP contribution >= 0.6 is 0 Å². The lowest BCUT2D eigenvalue weighted by Crippen LogP contribution is -2.36. The van der Waals surface area contributed by atoms with Crippen molar-refractivity contribution in [1.29, 1.82) is 0 Å². The molecule has 0 bridgehead atoms. The second-order valence-electron chi connectivity index (χ2n) is 3.45. The molecule has 13 heavy (non-hydrogen) atoms. The van der Waals surface area contributed by atoms with E-state index in [1.54, 1.807) is 0 Å². The summed E-state index contributed by atoms with van der Waals surface area (Å²) in [6.45, 7) is 4.40. The van der Waals surface area contributed by atoms with Crippen molar-refractivity contribution in [3.8, 4) is 0 Å². The summed E-state index contributed by atoms with van der Waals surface area (Å²) in [5.74, 6) is -0.0373. The highest BCUT2D eigenvalue weighted by atomic mass is 16.2. The summed E-state index contributed by atoms with van der Waals surface area (Å²) in [5, 5.41) is 2.62. The van der Waals surface area contributed by atoms with Crippen LogP contribution in [0.25, 0.3) is 0 Å². The van der Waals surface area contributed by atoms with E-state index in [0.717, 1.165) is 0 Å². The third-order valence-electron chi connectivity index (χ3n) is 2.08. The second-order valence-corrected chi connectivity index (χ2v) is 3.45. The van der Waals surface area contributed by atoms with Crippen molar-refractivity contribution >= 4 is 11.9 Å². The number of nitrogens with zero attached hydrogens (tertiary/aromatic N) is 1. The van der Waals surface area contributed by atoms with Crippen molar-refractivity contribution < 1.29 is 9.59 Å². The molecule has 0 aromatic carbocycles. The van der Waals surface area contributed by atoms with E-state index < -0.39 is 0 Å². The Labute approximate surface area is 77.3 Å². The Kier molecular flexibility index (Phi) is 2.87. The molecular weight excluding hydrogens is 170 g/mol. The third-order valence-corrected chi connectivity index (χ3v) is 2.08. The Morgan fingerprint density at radius 3 is 2.54 bits per heavy atom. The van der Waals surface area contributed by atoms with Gasteiger partial charge in [0.05, 0.1) is 0 Å². The van der Waals surface area contributed by atoms with Crippen LogP contribution in [-0.4, -0.2) is 36.0 Å². The van der Waals surface area contributed by atoms with Crippen LogP contribution in [0, 0.1) is 5.92 Å². The Morgan fingerprint density at radius 2 is 2.15 bits per heavy atom. The molecular formula is C8H15N3O2. The summed E-state index contributed by atoms with van der Waals surface area (Å²) in [6.07, 6.45) is 0. The number of hydrogen-bond donors (Lipinski definition) is 2. The molecule has 1 aliphatic rings. The van der Waals surface area contributed by atoms with Crippen LogP contribution in [0.5, 0.6) is 0 Å². The van der Waals surface area contributed by atoms with Crippen LogP contribution in [0.4, 0.5) is 4.79 Å². The number of nitrogens with two attached hydrogens (primary N) is 1. The topological polar surface area (TPSA) is 75.4 Å². The molecule has 0 spiro atoms. The van der Waals surface area contributed by atoms with Gasteiger partial charge >= 0.3 is 6.03 Å². The molecule has 0 aromatic heterocycles. The maximum atomic E-state index is 11.5. The molecule has 74 valence electrons. The van der Waals surface area contributed by atoms with Crippen LogP contribution in [-0.2, 0) is 4.79 Å². The molecule has 1 atom stereocenters. The molecule has 3 N–H and O–H groups in total. The number of nitrogens with one attached hydrogen (secondary N) is 1. The maximum absolute atomic E-state index is 11.5. The molecule has 5 nitrogen and oxygen atoms in total. The molecule has 5 heteroatoms. The van der Waals surface area contributed by atoms with Gasteiger partial charge in [0.2, 0.25) is 0 Å². The third kappa shape index (κ3) is 1.80. The standard InChI is InChI=1S/C8H15N3O2/c1-5(2)6-7(12)11(4-3-9)8(13)10-6/h5-6H,3-4,9H2,1-2H3,(H,10,13). The van der Waals surface area contributed by atoms with Gasteiger partial charge in [-0.05, 0) is 5.92 Å². The lowest BCUT2D eigenvalue weighted by atomic mass is 10.1. The summed E-state index contributed by atoms with van der Waals surface area (Å²) in [5.41, 5.74) is 5.28. The van der Waals surface area contributed by atoms with Gasteiger partial charge in [0.1, 0.15) is 6.04 Å². The van der Waals surface area contributed by atoms with Gasteiger partial charge in [0.15, 0.2) is 0 Å².